The SMILES string of the molecule is CCNC(CN(C)C(C)CC)c1cccc(C(F)(F)F)c1. The molecule has 1 N–H and O–H groups in total. The maximum atomic E-state index is 12.8. The molecule has 0 radical (unpaired) electrons. The van der Waals surface area contributed by atoms with Crippen LogP contribution in [-0.4, -0.2) is 31.1 Å². The van der Waals surface area contributed by atoms with E-state index in [1.54, 1.807) is 6.07 Å². The van der Waals surface area contributed by atoms with Gasteiger partial charge in [-0.05, 0) is 44.6 Å². The molecule has 120 valence electrons. The molecule has 0 aliphatic carbocycles. The van der Waals surface area contributed by atoms with E-state index in [9.17, 15) is 13.2 Å². The van der Waals surface area contributed by atoms with Crippen molar-refractivity contribution in [2.45, 2.75) is 45.5 Å². The van der Waals surface area contributed by atoms with E-state index in [1.807, 2.05) is 14.0 Å². The Hall–Kier alpha value is -1.07. The lowest BCUT2D eigenvalue weighted by atomic mass is 10.0. The fourth-order valence-electron chi connectivity index (χ4n) is 2.25. The van der Waals surface area contributed by atoms with Crippen LogP contribution < -0.4 is 5.32 Å². The second-order valence-electron chi connectivity index (χ2n) is 5.43. The molecule has 0 aromatic heterocycles. The molecule has 0 aliphatic heterocycles. The molecular weight excluding hydrogens is 277 g/mol. The van der Waals surface area contributed by atoms with Crippen molar-refractivity contribution in [2.75, 3.05) is 20.1 Å². The van der Waals surface area contributed by atoms with Gasteiger partial charge in [-0.1, -0.05) is 26.0 Å². The van der Waals surface area contributed by atoms with Crippen LogP contribution in [0.1, 0.15) is 44.4 Å². The van der Waals surface area contributed by atoms with Crippen LogP contribution in [0.25, 0.3) is 0 Å². The predicted octanol–water partition coefficient (Wildman–Crippen LogP) is 4.09. The molecule has 0 fully saturated rings. The zero-order valence-electron chi connectivity index (χ0n) is 13.2. The summed E-state index contributed by atoms with van der Waals surface area (Å²) in [4.78, 5) is 2.17. The van der Waals surface area contributed by atoms with Crippen LogP contribution >= 0.6 is 0 Å². The van der Waals surface area contributed by atoms with Crippen LogP contribution in [0.15, 0.2) is 24.3 Å². The smallest absolute Gasteiger partial charge is 0.309 e. The zero-order valence-corrected chi connectivity index (χ0v) is 13.2. The van der Waals surface area contributed by atoms with E-state index in [-0.39, 0.29) is 6.04 Å². The molecule has 0 aliphatic rings. The molecule has 0 amide bonds. The maximum Gasteiger partial charge on any atom is 0.416 e. The Morgan fingerprint density at radius 1 is 1.24 bits per heavy atom. The first kappa shape index (κ1) is 18.0. The molecule has 0 spiro atoms. The molecule has 0 bridgehead atoms. The normalized spacial score (nSPS) is 15.2. The van der Waals surface area contributed by atoms with Crippen molar-refractivity contribution < 1.29 is 13.2 Å². The van der Waals surface area contributed by atoms with Crippen molar-refractivity contribution in [2.24, 2.45) is 0 Å². The van der Waals surface area contributed by atoms with Crippen molar-refractivity contribution in [3.05, 3.63) is 35.4 Å². The second kappa shape index (κ2) is 7.80. The number of halogens is 3. The summed E-state index contributed by atoms with van der Waals surface area (Å²) in [6.45, 7) is 7.59. The van der Waals surface area contributed by atoms with Crippen LogP contribution in [-0.2, 0) is 6.18 Å². The highest BCUT2D eigenvalue weighted by Gasteiger charge is 2.31. The minimum atomic E-state index is -4.30. The third-order valence-electron chi connectivity index (χ3n) is 3.88. The number of nitrogens with zero attached hydrogens (tertiary/aromatic N) is 1. The van der Waals surface area contributed by atoms with Gasteiger partial charge in [0.2, 0.25) is 0 Å². The summed E-state index contributed by atoms with van der Waals surface area (Å²) < 4.78 is 38.5. The summed E-state index contributed by atoms with van der Waals surface area (Å²) in [5.74, 6) is 0. The molecule has 1 rings (SSSR count). The standard InChI is InChI=1S/C16H25F3N2/c1-5-12(3)21(4)11-15(20-6-2)13-8-7-9-14(10-13)16(17,18)19/h7-10,12,15,20H,5-6,11H2,1-4H3. The van der Waals surface area contributed by atoms with Crippen LogP contribution in [0.4, 0.5) is 13.2 Å². The Labute approximate surface area is 125 Å². The summed E-state index contributed by atoms with van der Waals surface area (Å²) in [6, 6.07) is 5.90. The van der Waals surface area contributed by atoms with Crippen LogP contribution in [0.2, 0.25) is 0 Å². The van der Waals surface area contributed by atoms with Crippen molar-refractivity contribution in [3.63, 3.8) is 0 Å². The number of benzene rings is 1. The second-order valence-corrected chi connectivity index (χ2v) is 5.43. The lowest BCUT2D eigenvalue weighted by Crippen LogP contribution is -2.37. The quantitative estimate of drug-likeness (QED) is 0.816. The lowest BCUT2D eigenvalue weighted by Gasteiger charge is -2.29. The van der Waals surface area contributed by atoms with Gasteiger partial charge in [-0.2, -0.15) is 13.2 Å². The Balaban J connectivity index is 2.95. The molecule has 0 heterocycles. The summed E-state index contributed by atoms with van der Waals surface area (Å²) in [6.07, 6.45) is -3.28. The highest BCUT2D eigenvalue weighted by molar-refractivity contribution is 5.28. The molecule has 2 nitrogen and oxygen atoms in total. The molecule has 21 heavy (non-hydrogen) atoms. The molecule has 5 heteroatoms. The molecule has 0 saturated carbocycles. The highest BCUT2D eigenvalue weighted by atomic mass is 19.4. The van der Waals surface area contributed by atoms with Gasteiger partial charge in [-0.25, -0.2) is 0 Å². The Kier molecular flexibility index (Phi) is 6.68. The Morgan fingerprint density at radius 3 is 2.43 bits per heavy atom. The number of likely N-dealkylation sites (N-methyl/N-ethyl adjacent to an activating group) is 2. The monoisotopic (exact) mass is 302 g/mol. The fourth-order valence-corrected chi connectivity index (χ4v) is 2.25. The molecular formula is C16H25F3N2. The van der Waals surface area contributed by atoms with Gasteiger partial charge in [0.25, 0.3) is 0 Å². The molecule has 1 aromatic rings. The van der Waals surface area contributed by atoms with Gasteiger partial charge >= 0.3 is 6.18 Å². The molecule has 0 saturated heterocycles. The minimum Gasteiger partial charge on any atom is -0.309 e. The summed E-state index contributed by atoms with van der Waals surface area (Å²) in [7, 11) is 2.01. The predicted molar refractivity (Wildman–Crippen MR) is 80.2 cm³/mol. The first-order chi connectivity index (χ1) is 9.79. The van der Waals surface area contributed by atoms with Gasteiger partial charge in [-0.3, -0.25) is 0 Å². The van der Waals surface area contributed by atoms with E-state index in [2.05, 4.69) is 24.1 Å². The van der Waals surface area contributed by atoms with E-state index >= 15 is 0 Å². The maximum absolute atomic E-state index is 12.8. The van der Waals surface area contributed by atoms with Crippen LogP contribution in [0.3, 0.4) is 0 Å². The van der Waals surface area contributed by atoms with Gasteiger partial charge in [-0.15, -0.1) is 0 Å². The number of rotatable bonds is 7. The highest BCUT2D eigenvalue weighted by Crippen LogP contribution is 2.31. The first-order valence-corrected chi connectivity index (χ1v) is 7.40. The van der Waals surface area contributed by atoms with Gasteiger partial charge in [0.15, 0.2) is 0 Å². The van der Waals surface area contributed by atoms with Crippen molar-refractivity contribution in [1.29, 1.82) is 0 Å². The van der Waals surface area contributed by atoms with E-state index in [4.69, 9.17) is 0 Å². The summed E-state index contributed by atoms with van der Waals surface area (Å²) in [5.41, 5.74) is 0.0934. The van der Waals surface area contributed by atoms with E-state index in [0.29, 0.717) is 18.2 Å². The fraction of sp³-hybridized carbons (Fsp3) is 0.625. The third kappa shape index (κ3) is 5.32. The molecule has 1 aromatic carbocycles. The number of alkyl halides is 3. The van der Waals surface area contributed by atoms with Gasteiger partial charge in [0, 0.05) is 18.6 Å². The molecule has 2 atom stereocenters. The van der Waals surface area contributed by atoms with Crippen LogP contribution in [0.5, 0.6) is 0 Å². The molecule has 2 unspecified atom stereocenters. The van der Waals surface area contributed by atoms with Crippen molar-refractivity contribution >= 4 is 0 Å². The first-order valence-electron chi connectivity index (χ1n) is 7.40. The lowest BCUT2D eigenvalue weighted by molar-refractivity contribution is -0.137. The Bertz CT molecular complexity index is 432. The topological polar surface area (TPSA) is 15.3 Å². The van der Waals surface area contributed by atoms with Gasteiger partial charge in [0.05, 0.1) is 5.56 Å². The zero-order chi connectivity index (χ0) is 16.0. The number of hydrogen-bond donors (Lipinski definition) is 1. The van der Waals surface area contributed by atoms with E-state index in [1.165, 1.54) is 12.1 Å². The van der Waals surface area contributed by atoms with Gasteiger partial charge in [0.1, 0.15) is 0 Å². The Morgan fingerprint density at radius 2 is 1.90 bits per heavy atom. The van der Waals surface area contributed by atoms with E-state index in [0.717, 1.165) is 19.0 Å². The number of hydrogen-bond acceptors (Lipinski definition) is 2. The minimum absolute atomic E-state index is 0.101. The van der Waals surface area contributed by atoms with Crippen molar-refractivity contribution in [1.82, 2.24) is 10.2 Å². The van der Waals surface area contributed by atoms with Crippen LogP contribution in [0, 0.1) is 0 Å². The average molecular weight is 302 g/mol. The van der Waals surface area contributed by atoms with Crippen molar-refractivity contribution in [3.8, 4) is 0 Å². The third-order valence-corrected chi connectivity index (χ3v) is 3.88. The van der Waals surface area contributed by atoms with Gasteiger partial charge < -0.3 is 10.2 Å². The van der Waals surface area contributed by atoms with E-state index < -0.39 is 11.7 Å². The summed E-state index contributed by atoms with van der Waals surface area (Å²) >= 11 is 0. The number of nitrogens with one attached hydrogen (secondary N) is 1. The summed E-state index contributed by atoms with van der Waals surface area (Å²) in [5, 5.41) is 3.28. The average Bonchev–Trinajstić information content (AvgIpc) is 2.45. The largest absolute Gasteiger partial charge is 0.416 e.